The van der Waals surface area contributed by atoms with Crippen LogP contribution in [0.5, 0.6) is 0 Å². The van der Waals surface area contributed by atoms with Crippen LogP contribution in [0.15, 0.2) is 18.3 Å². The molecule has 3 N–H and O–H groups in total. The van der Waals surface area contributed by atoms with Gasteiger partial charge in [-0.05, 0) is 23.7 Å². The lowest BCUT2D eigenvalue weighted by atomic mass is 9.97. The Kier molecular flexibility index (Phi) is 4.98. The fraction of sp³-hybridized carbons (Fsp3) is 0.412. The molecule has 1 aromatic heterocycles. The lowest BCUT2D eigenvalue weighted by molar-refractivity contribution is 0.164. The van der Waals surface area contributed by atoms with Crippen LogP contribution in [-0.4, -0.2) is 48.7 Å². The molecule has 0 saturated carbocycles. The highest BCUT2D eigenvalue weighted by atomic mass is 32.2. The van der Waals surface area contributed by atoms with E-state index in [0.717, 1.165) is 17.3 Å². The Bertz CT molecular complexity index is 891. The number of hydrogen-bond acceptors (Lipinski definition) is 4. The Hall–Kier alpha value is -2.24. The molecule has 2 aliphatic rings. The first-order valence-electron chi connectivity index (χ1n) is 8.60. The van der Waals surface area contributed by atoms with Crippen molar-refractivity contribution in [2.45, 2.75) is 36.8 Å². The minimum atomic E-state index is -1.75. The molecule has 1 aromatic carbocycles. The van der Waals surface area contributed by atoms with Gasteiger partial charge in [-0.15, -0.1) is 0 Å². The van der Waals surface area contributed by atoms with Crippen LogP contribution < -0.4 is 5.32 Å². The number of nitrogens with zero attached hydrogens (tertiary/aromatic N) is 2. The molecule has 1 saturated heterocycles. The molecule has 0 aliphatic carbocycles. The van der Waals surface area contributed by atoms with E-state index < -0.39 is 51.6 Å². The molecule has 0 spiro atoms. The first-order valence-corrected chi connectivity index (χ1v) is 9.98. The van der Waals surface area contributed by atoms with Crippen molar-refractivity contribution in [1.82, 2.24) is 20.4 Å². The third kappa shape index (κ3) is 3.45. The number of hydrogen-bond donors (Lipinski definition) is 3. The number of aromatic amines is 1. The zero-order valence-corrected chi connectivity index (χ0v) is 15.3. The normalized spacial score (nSPS) is 27.6. The molecule has 7 nitrogen and oxygen atoms in total. The molecule has 1 fully saturated rings. The van der Waals surface area contributed by atoms with Gasteiger partial charge in [-0.25, -0.2) is 18.0 Å². The molecule has 0 radical (unpaired) electrons. The summed E-state index contributed by atoms with van der Waals surface area (Å²) in [5, 5.41) is 17.2. The molecule has 28 heavy (non-hydrogen) atoms. The van der Waals surface area contributed by atoms with Crippen molar-refractivity contribution in [3.05, 3.63) is 52.6 Å². The minimum Gasteiger partial charge on any atom is -0.616 e. The Balaban J connectivity index is 1.62. The number of aromatic nitrogens is 2. The molecule has 11 heteroatoms. The highest BCUT2D eigenvalue weighted by molar-refractivity contribution is 7.91. The van der Waals surface area contributed by atoms with Crippen molar-refractivity contribution >= 4 is 17.3 Å². The van der Waals surface area contributed by atoms with Gasteiger partial charge in [0.25, 0.3) is 0 Å². The van der Waals surface area contributed by atoms with Crippen LogP contribution in [0.4, 0.5) is 18.0 Å². The van der Waals surface area contributed by atoms with Crippen LogP contribution in [0.3, 0.4) is 0 Å². The van der Waals surface area contributed by atoms with Crippen molar-refractivity contribution in [1.29, 1.82) is 0 Å². The van der Waals surface area contributed by atoms with Gasteiger partial charge in [0, 0.05) is 36.5 Å². The Morgan fingerprint density at radius 1 is 1.36 bits per heavy atom. The summed E-state index contributed by atoms with van der Waals surface area (Å²) < 4.78 is 54.6. The summed E-state index contributed by atoms with van der Waals surface area (Å²) >= 11 is -1.75. The van der Waals surface area contributed by atoms with E-state index in [1.807, 2.05) is 4.90 Å². The van der Waals surface area contributed by atoms with E-state index in [1.165, 1.54) is 0 Å². The average molecular weight is 414 g/mol. The van der Waals surface area contributed by atoms with Gasteiger partial charge in [-0.3, -0.25) is 10.00 Å². The van der Waals surface area contributed by atoms with E-state index in [9.17, 15) is 27.6 Å². The number of rotatable bonds is 3. The van der Waals surface area contributed by atoms with Gasteiger partial charge >= 0.3 is 6.09 Å². The van der Waals surface area contributed by atoms with Gasteiger partial charge in [-0.2, -0.15) is 5.10 Å². The minimum absolute atomic E-state index is 0.133. The van der Waals surface area contributed by atoms with Crippen molar-refractivity contribution < 1.29 is 27.6 Å². The fourth-order valence-corrected chi connectivity index (χ4v) is 5.93. The highest BCUT2D eigenvalue weighted by Crippen LogP contribution is 2.39. The lowest BCUT2D eigenvalue weighted by Crippen LogP contribution is -2.53. The quantitative estimate of drug-likeness (QED) is 0.527. The summed E-state index contributed by atoms with van der Waals surface area (Å²) in [5.41, 5.74) is 1.46. The van der Waals surface area contributed by atoms with E-state index in [4.69, 9.17) is 0 Å². The molecule has 4 rings (SSSR count). The van der Waals surface area contributed by atoms with E-state index >= 15 is 0 Å². The third-order valence-corrected chi connectivity index (χ3v) is 7.08. The van der Waals surface area contributed by atoms with Crippen LogP contribution in [0, 0.1) is 17.5 Å². The molecule has 3 unspecified atom stereocenters. The number of fused-ring (bicyclic) bond motifs is 1. The molecule has 2 aliphatic heterocycles. The average Bonchev–Trinajstić information content (AvgIpc) is 3.19. The smallest absolute Gasteiger partial charge is 0.405 e. The van der Waals surface area contributed by atoms with Gasteiger partial charge in [0.1, 0.15) is 11.6 Å². The maximum Gasteiger partial charge on any atom is 0.405 e. The van der Waals surface area contributed by atoms with Crippen molar-refractivity contribution in [3.8, 4) is 0 Å². The van der Waals surface area contributed by atoms with Gasteiger partial charge in [0.15, 0.2) is 16.9 Å². The van der Waals surface area contributed by atoms with Gasteiger partial charge in [0.2, 0.25) is 0 Å². The van der Waals surface area contributed by atoms with Crippen molar-refractivity contribution in [2.75, 3.05) is 5.75 Å². The molecule has 1 amide bonds. The van der Waals surface area contributed by atoms with Crippen molar-refractivity contribution in [3.63, 3.8) is 0 Å². The maximum atomic E-state index is 14.3. The molecular formula is C17H17F3N4O3S. The number of amides is 1. The largest absolute Gasteiger partial charge is 0.616 e. The highest BCUT2D eigenvalue weighted by Gasteiger charge is 2.46. The van der Waals surface area contributed by atoms with Crippen LogP contribution in [0.1, 0.15) is 28.5 Å². The second-order valence-corrected chi connectivity index (χ2v) is 8.57. The predicted molar refractivity (Wildman–Crippen MR) is 93.3 cm³/mol. The summed E-state index contributed by atoms with van der Waals surface area (Å²) in [7, 11) is 0. The molecule has 0 bridgehead atoms. The first-order chi connectivity index (χ1) is 13.3. The Labute approximate surface area is 161 Å². The number of carbonyl (C=O) groups is 1. The molecular weight excluding hydrogens is 397 g/mol. The zero-order valence-electron chi connectivity index (χ0n) is 14.5. The second-order valence-electron chi connectivity index (χ2n) is 6.97. The number of carboxylic acid groups (broad SMARTS) is 1. The van der Waals surface area contributed by atoms with Crippen LogP contribution in [-0.2, 0) is 24.3 Å². The Morgan fingerprint density at radius 3 is 2.86 bits per heavy atom. The summed E-state index contributed by atoms with van der Waals surface area (Å²) in [6.07, 6.45) is 0.629. The van der Waals surface area contributed by atoms with E-state index in [1.54, 1.807) is 6.20 Å². The number of halogens is 3. The summed E-state index contributed by atoms with van der Waals surface area (Å²) in [5.74, 6) is -3.58. The monoisotopic (exact) mass is 414 g/mol. The molecule has 150 valence electrons. The van der Waals surface area contributed by atoms with Gasteiger partial charge in [-0.1, -0.05) is 0 Å². The van der Waals surface area contributed by atoms with E-state index in [2.05, 4.69) is 15.5 Å². The second kappa shape index (κ2) is 7.30. The third-order valence-electron chi connectivity index (χ3n) is 5.22. The summed E-state index contributed by atoms with van der Waals surface area (Å²) in [4.78, 5) is 13.3. The summed E-state index contributed by atoms with van der Waals surface area (Å²) in [6, 6.07) is -0.0196. The van der Waals surface area contributed by atoms with Crippen molar-refractivity contribution in [2.24, 2.45) is 0 Å². The predicted octanol–water partition coefficient (Wildman–Crippen LogP) is 2.04. The number of H-pyrrole nitrogens is 1. The van der Waals surface area contributed by atoms with Gasteiger partial charge < -0.3 is 15.0 Å². The summed E-state index contributed by atoms with van der Waals surface area (Å²) in [6.45, 7) is 1.09. The number of nitrogens with one attached hydrogen (secondary N) is 2. The standard InChI is InChI=1S/C17H17F3N4O3S/c18-9-1-11(15(20)12(19)2-9)16-13(22-17(25)26)3-10(7-28(16)27)24-5-8-4-21-23-14(8)6-24/h1-2,4,10,13,16,22H,3,5-7H2,(H,21,23)(H,25,26)/t10-,13?,16?,28?/m1/s1. The van der Waals surface area contributed by atoms with Crippen LogP contribution in [0.2, 0.25) is 0 Å². The fourth-order valence-electron chi connectivity index (χ4n) is 3.99. The lowest BCUT2D eigenvalue weighted by Gasteiger charge is -2.40. The van der Waals surface area contributed by atoms with E-state index in [0.29, 0.717) is 19.2 Å². The first kappa shape index (κ1) is 19.1. The topological polar surface area (TPSA) is 104 Å². The zero-order chi connectivity index (χ0) is 20.0. The number of benzene rings is 1. The van der Waals surface area contributed by atoms with Crippen LogP contribution in [0.25, 0.3) is 0 Å². The van der Waals surface area contributed by atoms with Gasteiger partial charge in [0.05, 0.1) is 17.8 Å². The molecule has 4 atom stereocenters. The van der Waals surface area contributed by atoms with E-state index in [-0.39, 0.29) is 18.2 Å². The molecule has 3 heterocycles. The Morgan fingerprint density at radius 2 is 2.14 bits per heavy atom. The molecule has 2 aromatic rings. The SMILES string of the molecule is O=C(O)NC1C[C@@H](N2Cc3c[nH]nc3C2)C[S+]([O-])C1c1cc(F)cc(F)c1F. The maximum absolute atomic E-state index is 14.3. The van der Waals surface area contributed by atoms with Crippen LogP contribution >= 0.6 is 0 Å².